The Morgan fingerprint density at radius 2 is 2.00 bits per heavy atom. The van der Waals surface area contributed by atoms with E-state index < -0.39 is 10.0 Å². The second kappa shape index (κ2) is 4.74. The van der Waals surface area contributed by atoms with Crippen molar-refractivity contribution in [3.8, 4) is 0 Å². The summed E-state index contributed by atoms with van der Waals surface area (Å²) in [6, 6.07) is 6.36. The second-order valence-corrected chi connectivity index (χ2v) is 7.82. The Bertz CT molecular complexity index is 586. The fourth-order valence-corrected chi connectivity index (χ4v) is 4.63. The van der Waals surface area contributed by atoms with Gasteiger partial charge in [-0.15, -0.1) is 0 Å². The highest BCUT2D eigenvalue weighted by atomic mass is 35.5. The fourth-order valence-electron chi connectivity index (χ4n) is 2.81. The topological polar surface area (TPSA) is 63.4 Å². The third-order valence-electron chi connectivity index (χ3n) is 4.04. The quantitative estimate of drug-likeness (QED) is 0.924. The molecule has 1 aliphatic heterocycles. The Kier molecular flexibility index (Phi) is 3.33. The molecule has 2 N–H and O–H groups in total. The maximum absolute atomic E-state index is 12.5. The lowest BCUT2D eigenvalue weighted by atomic mass is 9.99. The Balaban J connectivity index is 1.85. The first-order valence-corrected chi connectivity index (χ1v) is 8.31. The highest BCUT2D eigenvalue weighted by Crippen LogP contribution is 2.41. The van der Waals surface area contributed by atoms with Crippen LogP contribution in [0.25, 0.3) is 0 Å². The fraction of sp³-hybridized carbons (Fsp3) is 0.538. The zero-order valence-corrected chi connectivity index (χ0v) is 12.1. The molecule has 1 saturated heterocycles. The molecule has 6 heteroatoms. The van der Waals surface area contributed by atoms with Crippen LogP contribution in [0, 0.1) is 11.8 Å². The highest BCUT2D eigenvalue weighted by Gasteiger charge is 2.44. The highest BCUT2D eigenvalue weighted by molar-refractivity contribution is 7.89. The van der Waals surface area contributed by atoms with Gasteiger partial charge in [-0.1, -0.05) is 17.7 Å². The van der Waals surface area contributed by atoms with Gasteiger partial charge in [-0.3, -0.25) is 0 Å². The molecule has 1 aromatic carbocycles. The van der Waals surface area contributed by atoms with Gasteiger partial charge in [0.25, 0.3) is 0 Å². The lowest BCUT2D eigenvalue weighted by Gasteiger charge is -2.16. The van der Waals surface area contributed by atoms with E-state index in [1.807, 2.05) is 0 Å². The van der Waals surface area contributed by atoms with E-state index in [4.69, 9.17) is 17.3 Å². The van der Waals surface area contributed by atoms with Gasteiger partial charge >= 0.3 is 0 Å². The number of hydrogen-bond acceptors (Lipinski definition) is 3. The molecule has 104 valence electrons. The summed E-state index contributed by atoms with van der Waals surface area (Å²) in [6.07, 6.45) is 2.37. The molecule has 4 nitrogen and oxygen atoms in total. The molecule has 2 aliphatic rings. The van der Waals surface area contributed by atoms with Gasteiger partial charge in [0.15, 0.2) is 0 Å². The Morgan fingerprint density at radius 1 is 1.26 bits per heavy atom. The van der Waals surface area contributed by atoms with Crippen LogP contribution in [-0.2, 0) is 10.0 Å². The molecule has 2 atom stereocenters. The van der Waals surface area contributed by atoms with Crippen LogP contribution in [0.4, 0.5) is 0 Å². The molecule has 2 fully saturated rings. The number of nitrogens with zero attached hydrogens (tertiary/aromatic N) is 1. The van der Waals surface area contributed by atoms with E-state index in [1.54, 1.807) is 18.2 Å². The van der Waals surface area contributed by atoms with Crippen molar-refractivity contribution in [2.45, 2.75) is 23.8 Å². The van der Waals surface area contributed by atoms with Crippen LogP contribution in [0.15, 0.2) is 29.2 Å². The molecule has 1 aliphatic carbocycles. The summed E-state index contributed by atoms with van der Waals surface area (Å²) in [5, 5.41) is 0.434. The van der Waals surface area contributed by atoms with E-state index in [0.29, 0.717) is 29.9 Å². The van der Waals surface area contributed by atoms with Crippen molar-refractivity contribution in [2.75, 3.05) is 13.1 Å². The van der Waals surface area contributed by atoms with E-state index in [-0.39, 0.29) is 10.9 Å². The molecule has 0 unspecified atom stereocenters. The van der Waals surface area contributed by atoms with Crippen molar-refractivity contribution in [1.82, 2.24) is 4.31 Å². The smallest absolute Gasteiger partial charge is 0.243 e. The monoisotopic (exact) mass is 300 g/mol. The first-order chi connectivity index (χ1) is 8.98. The van der Waals surface area contributed by atoms with Crippen molar-refractivity contribution < 1.29 is 8.42 Å². The van der Waals surface area contributed by atoms with E-state index >= 15 is 0 Å². The summed E-state index contributed by atoms with van der Waals surface area (Å²) in [7, 11) is -3.46. The largest absolute Gasteiger partial charge is 0.326 e. The van der Waals surface area contributed by atoms with Crippen LogP contribution in [0.2, 0.25) is 5.02 Å². The number of halogens is 1. The van der Waals surface area contributed by atoms with Crippen LogP contribution >= 0.6 is 11.6 Å². The molecule has 1 aromatic rings. The first kappa shape index (κ1) is 13.4. The molecule has 0 aromatic heterocycles. The summed E-state index contributed by atoms with van der Waals surface area (Å²) in [5.74, 6) is 0.934. The van der Waals surface area contributed by atoms with Gasteiger partial charge in [0, 0.05) is 24.2 Å². The van der Waals surface area contributed by atoms with E-state index in [0.717, 1.165) is 0 Å². The van der Waals surface area contributed by atoms with Crippen LogP contribution in [0.5, 0.6) is 0 Å². The molecule has 1 heterocycles. The number of rotatable bonds is 3. The predicted molar refractivity (Wildman–Crippen MR) is 74.4 cm³/mol. The summed E-state index contributed by atoms with van der Waals surface area (Å²) in [5.41, 5.74) is 6.08. The third kappa shape index (κ3) is 2.52. The van der Waals surface area contributed by atoms with E-state index in [1.165, 1.54) is 23.2 Å². The molecular weight excluding hydrogens is 284 g/mol. The summed E-state index contributed by atoms with van der Waals surface area (Å²) >= 11 is 5.87. The number of nitrogens with two attached hydrogens (primary N) is 1. The molecule has 3 rings (SSSR count). The zero-order valence-electron chi connectivity index (χ0n) is 10.5. The van der Waals surface area contributed by atoms with E-state index in [2.05, 4.69) is 0 Å². The molecule has 0 bridgehead atoms. The Hall–Kier alpha value is -0.620. The molecule has 0 radical (unpaired) electrons. The van der Waals surface area contributed by atoms with Gasteiger partial charge in [-0.25, -0.2) is 8.42 Å². The van der Waals surface area contributed by atoms with Crippen LogP contribution in [0.3, 0.4) is 0 Å². The second-order valence-electron chi connectivity index (χ2n) is 5.44. The predicted octanol–water partition coefficient (Wildman–Crippen LogP) is 1.70. The minimum atomic E-state index is -3.46. The SMILES string of the molecule is N[C@@H]1CN(S(=O)(=O)c2cccc(Cl)c2)C[C@H]1C1CC1. The van der Waals surface area contributed by atoms with Crippen LogP contribution in [-0.4, -0.2) is 31.9 Å². The maximum atomic E-state index is 12.5. The molecule has 19 heavy (non-hydrogen) atoms. The summed E-state index contributed by atoms with van der Waals surface area (Å²) in [6.45, 7) is 0.955. The van der Waals surface area contributed by atoms with Gasteiger partial charge < -0.3 is 5.73 Å². The van der Waals surface area contributed by atoms with Gasteiger partial charge in [0.05, 0.1) is 4.90 Å². The van der Waals surface area contributed by atoms with Gasteiger partial charge in [0.1, 0.15) is 0 Å². The lowest BCUT2D eigenvalue weighted by molar-refractivity contribution is 0.428. The zero-order chi connectivity index (χ0) is 13.6. The summed E-state index contributed by atoms with van der Waals surface area (Å²) in [4.78, 5) is 0.253. The lowest BCUT2D eigenvalue weighted by Crippen LogP contribution is -2.32. The van der Waals surface area contributed by atoms with Crippen molar-refractivity contribution >= 4 is 21.6 Å². The van der Waals surface area contributed by atoms with Crippen LogP contribution < -0.4 is 5.73 Å². The summed E-state index contributed by atoms with van der Waals surface area (Å²) < 4.78 is 26.6. The maximum Gasteiger partial charge on any atom is 0.243 e. The Morgan fingerprint density at radius 3 is 2.63 bits per heavy atom. The number of benzene rings is 1. The van der Waals surface area contributed by atoms with Gasteiger partial charge in [-0.2, -0.15) is 4.31 Å². The normalized spacial score (nSPS) is 28.7. The Labute approximate surface area is 118 Å². The van der Waals surface area contributed by atoms with Gasteiger partial charge in [-0.05, 0) is 42.9 Å². The standard InChI is InChI=1S/C13H17ClN2O2S/c14-10-2-1-3-11(6-10)19(17,18)16-7-12(9-4-5-9)13(15)8-16/h1-3,6,9,12-13H,4-5,7-8,15H2/t12-,13+/m0/s1. The molecule has 1 saturated carbocycles. The van der Waals surface area contributed by atoms with Crippen LogP contribution in [0.1, 0.15) is 12.8 Å². The van der Waals surface area contributed by atoms with Crippen molar-refractivity contribution in [2.24, 2.45) is 17.6 Å². The number of sulfonamides is 1. The third-order valence-corrected chi connectivity index (χ3v) is 6.10. The average molecular weight is 301 g/mol. The average Bonchev–Trinajstić information content (AvgIpc) is 3.12. The van der Waals surface area contributed by atoms with Crippen molar-refractivity contribution in [3.63, 3.8) is 0 Å². The number of hydrogen-bond donors (Lipinski definition) is 1. The van der Waals surface area contributed by atoms with E-state index in [9.17, 15) is 8.42 Å². The molecular formula is C13H17ClN2O2S. The minimum absolute atomic E-state index is 0.0403. The van der Waals surface area contributed by atoms with Gasteiger partial charge in [0.2, 0.25) is 10.0 Å². The first-order valence-electron chi connectivity index (χ1n) is 6.50. The molecule has 0 spiro atoms. The van der Waals surface area contributed by atoms with Crippen molar-refractivity contribution in [3.05, 3.63) is 29.3 Å². The van der Waals surface area contributed by atoms with Crippen molar-refractivity contribution in [1.29, 1.82) is 0 Å². The molecule has 0 amide bonds. The minimum Gasteiger partial charge on any atom is -0.326 e.